The van der Waals surface area contributed by atoms with E-state index in [1.165, 1.54) is 11.3 Å². The lowest BCUT2D eigenvalue weighted by Crippen LogP contribution is -2.32. The molecule has 1 aromatic rings. The van der Waals surface area contributed by atoms with E-state index in [2.05, 4.69) is 63.0 Å². The minimum atomic E-state index is 0.475. The van der Waals surface area contributed by atoms with Crippen molar-refractivity contribution in [3.05, 3.63) is 28.8 Å². The summed E-state index contributed by atoms with van der Waals surface area (Å²) in [7, 11) is 0. The SMILES string of the molecule is CCC(C)N(CC)c1ccc(CNC(C)C)c(Cl)c1. The molecule has 1 rings (SSSR count). The summed E-state index contributed by atoms with van der Waals surface area (Å²) in [5.41, 5.74) is 2.38. The van der Waals surface area contributed by atoms with Crippen LogP contribution in [-0.2, 0) is 6.54 Å². The van der Waals surface area contributed by atoms with Crippen LogP contribution in [0.2, 0.25) is 5.02 Å². The van der Waals surface area contributed by atoms with Gasteiger partial charge in [-0.15, -0.1) is 0 Å². The van der Waals surface area contributed by atoms with Crippen LogP contribution < -0.4 is 10.2 Å². The molecule has 0 radical (unpaired) electrons. The second-order valence-electron chi connectivity index (χ2n) is 5.35. The van der Waals surface area contributed by atoms with E-state index in [1.54, 1.807) is 0 Å². The van der Waals surface area contributed by atoms with Crippen molar-refractivity contribution in [2.45, 2.75) is 59.7 Å². The standard InChI is InChI=1S/C16H27ClN2/c1-6-13(5)19(7-2)15-9-8-14(16(17)10-15)11-18-12(3)4/h8-10,12-13,18H,6-7,11H2,1-5H3. The normalized spacial score (nSPS) is 12.8. The monoisotopic (exact) mass is 282 g/mol. The third-order valence-corrected chi connectivity index (χ3v) is 3.88. The number of rotatable bonds is 7. The predicted molar refractivity (Wildman–Crippen MR) is 86.2 cm³/mol. The molecule has 1 unspecified atom stereocenters. The fourth-order valence-corrected chi connectivity index (χ4v) is 2.38. The Balaban J connectivity index is 2.85. The molecule has 19 heavy (non-hydrogen) atoms. The molecule has 0 aliphatic carbocycles. The maximum atomic E-state index is 6.40. The Morgan fingerprint density at radius 2 is 1.89 bits per heavy atom. The van der Waals surface area contributed by atoms with Crippen LogP contribution >= 0.6 is 11.6 Å². The van der Waals surface area contributed by atoms with E-state index in [0.717, 1.165) is 24.5 Å². The smallest absolute Gasteiger partial charge is 0.0471 e. The molecular formula is C16H27ClN2. The van der Waals surface area contributed by atoms with Crippen molar-refractivity contribution in [1.29, 1.82) is 0 Å². The van der Waals surface area contributed by atoms with E-state index >= 15 is 0 Å². The first-order valence-electron chi connectivity index (χ1n) is 7.28. The largest absolute Gasteiger partial charge is 0.369 e. The Kier molecular flexibility index (Phi) is 6.67. The zero-order chi connectivity index (χ0) is 14.4. The number of nitrogens with zero attached hydrogens (tertiary/aromatic N) is 1. The molecule has 1 N–H and O–H groups in total. The van der Waals surface area contributed by atoms with Gasteiger partial charge in [-0.2, -0.15) is 0 Å². The zero-order valence-electron chi connectivity index (χ0n) is 12.8. The Bertz CT molecular complexity index is 390. The Labute approximate surface area is 123 Å². The molecule has 0 spiro atoms. The predicted octanol–water partition coefficient (Wildman–Crippen LogP) is 4.46. The van der Waals surface area contributed by atoms with Gasteiger partial charge in [-0.1, -0.05) is 38.4 Å². The molecule has 0 aromatic heterocycles. The first-order chi connectivity index (χ1) is 8.99. The number of nitrogens with one attached hydrogen (secondary N) is 1. The Morgan fingerprint density at radius 1 is 1.21 bits per heavy atom. The van der Waals surface area contributed by atoms with Gasteiger partial charge >= 0.3 is 0 Å². The molecule has 0 amide bonds. The van der Waals surface area contributed by atoms with Crippen LogP contribution in [0.4, 0.5) is 5.69 Å². The van der Waals surface area contributed by atoms with E-state index in [-0.39, 0.29) is 0 Å². The summed E-state index contributed by atoms with van der Waals surface area (Å²) in [6, 6.07) is 7.43. The van der Waals surface area contributed by atoms with Crippen molar-refractivity contribution in [1.82, 2.24) is 5.32 Å². The Morgan fingerprint density at radius 3 is 2.37 bits per heavy atom. The summed E-state index contributed by atoms with van der Waals surface area (Å²) in [4.78, 5) is 2.39. The van der Waals surface area contributed by atoms with Crippen LogP contribution in [-0.4, -0.2) is 18.6 Å². The van der Waals surface area contributed by atoms with Crippen LogP contribution in [0.15, 0.2) is 18.2 Å². The number of benzene rings is 1. The van der Waals surface area contributed by atoms with Gasteiger partial charge in [0.2, 0.25) is 0 Å². The van der Waals surface area contributed by atoms with E-state index in [0.29, 0.717) is 12.1 Å². The average Bonchev–Trinajstić information content (AvgIpc) is 2.38. The lowest BCUT2D eigenvalue weighted by molar-refractivity contribution is 0.588. The molecule has 1 atom stereocenters. The van der Waals surface area contributed by atoms with Crippen LogP contribution in [0.1, 0.15) is 46.6 Å². The minimum absolute atomic E-state index is 0.475. The maximum absolute atomic E-state index is 6.40. The molecule has 0 bridgehead atoms. The van der Waals surface area contributed by atoms with Gasteiger partial charge in [0.15, 0.2) is 0 Å². The summed E-state index contributed by atoms with van der Waals surface area (Å²) in [5.74, 6) is 0. The van der Waals surface area contributed by atoms with Crippen LogP contribution in [0.3, 0.4) is 0 Å². The molecule has 0 saturated heterocycles. The summed E-state index contributed by atoms with van der Waals surface area (Å²) < 4.78 is 0. The highest BCUT2D eigenvalue weighted by Gasteiger charge is 2.12. The first-order valence-corrected chi connectivity index (χ1v) is 7.65. The molecule has 3 heteroatoms. The van der Waals surface area contributed by atoms with Gasteiger partial charge in [0.05, 0.1) is 0 Å². The molecule has 108 valence electrons. The lowest BCUT2D eigenvalue weighted by atomic mass is 10.1. The molecule has 0 aliphatic rings. The summed E-state index contributed by atoms with van der Waals surface area (Å²) in [6.07, 6.45) is 1.14. The molecule has 0 saturated carbocycles. The van der Waals surface area contributed by atoms with Crippen LogP contribution in [0, 0.1) is 0 Å². The lowest BCUT2D eigenvalue weighted by Gasteiger charge is -2.30. The second-order valence-corrected chi connectivity index (χ2v) is 5.76. The van der Waals surface area contributed by atoms with E-state index in [1.807, 2.05) is 0 Å². The number of halogens is 1. The minimum Gasteiger partial charge on any atom is -0.369 e. The fourth-order valence-electron chi connectivity index (χ4n) is 2.14. The summed E-state index contributed by atoms with van der Waals surface area (Å²) >= 11 is 6.40. The quantitative estimate of drug-likeness (QED) is 0.794. The van der Waals surface area contributed by atoms with Crippen molar-refractivity contribution in [3.8, 4) is 0 Å². The average molecular weight is 283 g/mol. The summed E-state index contributed by atoms with van der Waals surface area (Å²) in [5, 5.41) is 4.26. The maximum Gasteiger partial charge on any atom is 0.0471 e. The van der Waals surface area contributed by atoms with Gasteiger partial charge in [-0.25, -0.2) is 0 Å². The van der Waals surface area contributed by atoms with E-state index < -0.39 is 0 Å². The van der Waals surface area contributed by atoms with Gasteiger partial charge in [0, 0.05) is 35.9 Å². The van der Waals surface area contributed by atoms with E-state index in [9.17, 15) is 0 Å². The first kappa shape index (κ1) is 16.3. The van der Waals surface area contributed by atoms with Crippen molar-refractivity contribution in [2.24, 2.45) is 0 Å². The van der Waals surface area contributed by atoms with Crippen molar-refractivity contribution in [2.75, 3.05) is 11.4 Å². The number of hydrogen-bond acceptors (Lipinski definition) is 2. The molecule has 2 nitrogen and oxygen atoms in total. The molecular weight excluding hydrogens is 256 g/mol. The third kappa shape index (κ3) is 4.70. The van der Waals surface area contributed by atoms with Crippen molar-refractivity contribution >= 4 is 17.3 Å². The van der Waals surface area contributed by atoms with Crippen molar-refractivity contribution < 1.29 is 0 Å². The molecule has 0 heterocycles. The highest BCUT2D eigenvalue weighted by Crippen LogP contribution is 2.25. The van der Waals surface area contributed by atoms with Gasteiger partial charge in [0.1, 0.15) is 0 Å². The van der Waals surface area contributed by atoms with E-state index in [4.69, 9.17) is 11.6 Å². The van der Waals surface area contributed by atoms with Gasteiger partial charge < -0.3 is 10.2 Å². The van der Waals surface area contributed by atoms with Crippen LogP contribution in [0.5, 0.6) is 0 Å². The highest BCUT2D eigenvalue weighted by molar-refractivity contribution is 6.31. The Hall–Kier alpha value is -0.730. The molecule has 0 aliphatic heterocycles. The number of anilines is 1. The molecule has 0 fully saturated rings. The van der Waals surface area contributed by atoms with Crippen LogP contribution in [0.25, 0.3) is 0 Å². The van der Waals surface area contributed by atoms with Gasteiger partial charge in [-0.3, -0.25) is 0 Å². The molecule has 1 aromatic carbocycles. The zero-order valence-corrected chi connectivity index (χ0v) is 13.6. The summed E-state index contributed by atoms with van der Waals surface area (Å²) in [6.45, 7) is 12.8. The topological polar surface area (TPSA) is 15.3 Å². The van der Waals surface area contributed by atoms with Crippen molar-refractivity contribution in [3.63, 3.8) is 0 Å². The third-order valence-electron chi connectivity index (χ3n) is 3.53. The van der Waals surface area contributed by atoms with Gasteiger partial charge in [-0.05, 0) is 38.0 Å². The second kappa shape index (κ2) is 7.76. The fraction of sp³-hybridized carbons (Fsp3) is 0.625. The number of hydrogen-bond donors (Lipinski definition) is 1. The highest BCUT2D eigenvalue weighted by atomic mass is 35.5. The van der Waals surface area contributed by atoms with Gasteiger partial charge in [0.25, 0.3) is 0 Å².